The van der Waals surface area contributed by atoms with Crippen molar-refractivity contribution in [3.8, 4) is 0 Å². The lowest BCUT2D eigenvalue weighted by Gasteiger charge is -2.12. The number of rotatable bonds is 4. The van der Waals surface area contributed by atoms with Gasteiger partial charge in [-0.05, 0) is 11.6 Å². The van der Waals surface area contributed by atoms with Crippen LogP contribution in [-0.2, 0) is 6.42 Å². The first-order valence-corrected chi connectivity index (χ1v) is 5.95. The van der Waals surface area contributed by atoms with Crippen molar-refractivity contribution in [2.24, 2.45) is 0 Å². The molecule has 1 N–H and O–H groups in total. The molecule has 1 atom stereocenters. The highest BCUT2D eigenvalue weighted by Gasteiger charge is 2.19. The average Bonchev–Trinajstić information content (AvgIpc) is 2.45. The Bertz CT molecular complexity index is 674. The Hall–Kier alpha value is -2.41. The van der Waals surface area contributed by atoms with Crippen LogP contribution >= 0.6 is 0 Å². The molecule has 0 aliphatic heterocycles. The van der Waals surface area contributed by atoms with E-state index in [1.54, 1.807) is 0 Å². The first-order chi connectivity index (χ1) is 9.90. The molecule has 0 saturated heterocycles. The molecular weight excluding hydrogens is 287 g/mol. The van der Waals surface area contributed by atoms with E-state index in [4.69, 9.17) is 0 Å². The average molecular weight is 297 g/mol. The van der Waals surface area contributed by atoms with Crippen LogP contribution in [-0.4, -0.2) is 10.0 Å². The van der Waals surface area contributed by atoms with E-state index in [2.05, 4.69) is 0 Å². The van der Waals surface area contributed by atoms with Gasteiger partial charge < -0.3 is 5.11 Å². The lowest BCUT2D eigenvalue weighted by Crippen LogP contribution is -2.07. The van der Waals surface area contributed by atoms with Gasteiger partial charge >= 0.3 is 0 Å². The minimum atomic E-state index is -1.64. The largest absolute Gasteiger partial charge is 0.388 e. The van der Waals surface area contributed by atoms with Crippen molar-refractivity contribution in [2.45, 2.75) is 12.5 Å². The SMILES string of the molecule is O=[N+]([O-])c1ccc(CC(O)c2ccc(F)c(F)c2F)cc1. The third-order valence-corrected chi connectivity index (χ3v) is 3.00. The van der Waals surface area contributed by atoms with Crippen molar-refractivity contribution in [2.75, 3.05) is 0 Å². The van der Waals surface area contributed by atoms with E-state index in [9.17, 15) is 28.4 Å². The zero-order chi connectivity index (χ0) is 15.6. The third-order valence-electron chi connectivity index (χ3n) is 3.00. The fourth-order valence-electron chi connectivity index (χ4n) is 1.89. The molecule has 0 aliphatic carbocycles. The molecule has 0 fully saturated rings. The van der Waals surface area contributed by atoms with Crippen LogP contribution in [0.1, 0.15) is 17.2 Å². The van der Waals surface area contributed by atoms with E-state index in [0.29, 0.717) is 5.56 Å². The number of non-ortho nitro benzene ring substituents is 1. The molecule has 21 heavy (non-hydrogen) atoms. The highest BCUT2D eigenvalue weighted by atomic mass is 19.2. The summed E-state index contributed by atoms with van der Waals surface area (Å²) < 4.78 is 39.4. The van der Waals surface area contributed by atoms with E-state index >= 15 is 0 Å². The van der Waals surface area contributed by atoms with Gasteiger partial charge in [-0.3, -0.25) is 10.1 Å². The quantitative estimate of drug-likeness (QED) is 0.535. The number of halogens is 3. The van der Waals surface area contributed by atoms with Crippen molar-refractivity contribution in [1.29, 1.82) is 0 Å². The van der Waals surface area contributed by atoms with Gasteiger partial charge in [0.15, 0.2) is 17.5 Å². The van der Waals surface area contributed by atoms with Gasteiger partial charge in [0, 0.05) is 24.1 Å². The molecule has 0 heterocycles. The number of nitro benzene ring substituents is 1. The molecule has 1 unspecified atom stereocenters. The number of hydrogen-bond donors (Lipinski definition) is 1. The van der Waals surface area contributed by atoms with Crippen LogP contribution in [0.2, 0.25) is 0 Å². The topological polar surface area (TPSA) is 63.4 Å². The minimum Gasteiger partial charge on any atom is -0.388 e. The molecule has 0 amide bonds. The smallest absolute Gasteiger partial charge is 0.269 e. The molecule has 0 aromatic heterocycles. The number of nitrogens with zero attached hydrogens (tertiary/aromatic N) is 1. The van der Waals surface area contributed by atoms with E-state index < -0.39 is 28.5 Å². The molecule has 2 aromatic rings. The van der Waals surface area contributed by atoms with Gasteiger partial charge in [-0.15, -0.1) is 0 Å². The lowest BCUT2D eigenvalue weighted by molar-refractivity contribution is -0.384. The van der Waals surface area contributed by atoms with Crippen LogP contribution in [0.5, 0.6) is 0 Å². The Morgan fingerprint density at radius 2 is 1.67 bits per heavy atom. The van der Waals surface area contributed by atoms with Gasteiger partial charge in [0.25, 0.3) is 5.69 Å². The summed E-state index contributed by atoms with van der Waals surface area (Å²) in [5.74, 6) is -4.42. The minimum absolute atomic E-state index is 0.0833. The molecule has 0 radical (unpaired) electrons. The highest BCUT2D eigenvalue weighted by Crippen LogP contribution is 2.25. The summed E-state index contributed by atoms with van der Waals surface area (Å²) in [7, 11) is 0. The summed E-state index contributed by atoms with van der Waals surface area (Å²) in [6.45, 7) is 0. The molecule has 0 aliphatic rings. The summed E-state index contributed by atoms with van der Waals surface area (Å²) in [5.41, 5.74) is 0.0109. The van der Waals surface area contributed by atoms with Crippen LogP contribution in [0.25, 0.3) is 0 Å². The van der Waals surface area contributed by atoms with Gasteiger partial charge in [-0.2, -0.15) is 0 Å². The Labute approximate surface area is 117 Å². The van der Waals surface area contributed by atoms with E-state index in [1.165, 1.54) is 24.3 Å². The second-order valence-corrected chi connectivity index (χ2v) is 4.41. The standard InChI is InChI=1S/C14H10F3NO3/c15-11-6-5-10(13(16)14(11)17)12(19)7-8-1-3-9(4-2-8)18(20)21/h1-6,12,19H,7H2. The predicted octanol–water partition coefficient (Wildman–Crippen LogP) is 3.29. The number of benzene rings is 2. The normalized spacial score (nSPS) is 12.2. The second-order valence-electron chi connectivity index (χ2n) is 4.41. The molecule has 0 bridgehead atoms. The van der Waals surface area contributed by atoms with Crippen LogP contribution in [0.3, 0.4) is 0 Å². The zero-order valence-corrected chi connectivity index (χ0v) is 10.6. The maximum Gasteiger partial charge on any atom is 0.269 e. The van der Waals surface area contributed by atoms with Crippen molar-refractivity contribution in [3.05, 3.63) is 75.1 Å². The van der Waals surface area contributed by atoms with E-state index in [0.717, 1.165) is 12.1 Å². The molecule has 110 valence electrons. The highest BCUT2D eigenvalue weighted by molar-refractivity contribution is 5.34. The Balaban J connectivity index is 2.20. The maximum atomic E-state index is 13.5. The molecule has 0 spiro atoms. The van der Waals surface area contributed by atoms with Gasteiger partial charge in [0.2, 0.25) is 0 Å². The predicted molar refractivity (Wildman–Crippen MR) is 68.1 cm³/mol. The van der Waals surface area contributed by atoms with Crippen molar-refractivity contribution < 1.29 is 23.2 Å². The fraction of sp³-hybridized carbons (Fsp3) is 0.143. The van der Waals surface area contributed by atoms with Crippen LogP contribution < -0.4 is 0 Å². The molecule has 2 rings (SSSR count). The third kappa shape index (κ3) is 3.19. The Morgan fingerprint density at radius 1 is 1.05 bits per heavy atom. The summed E-state index contributed by atoms with van der Waals surface area (Å²) in [4.78, 5) is 9.93. The summed E-state index contributed by atoms with van der Waals surface area (Å²) >= 11 is 0. The fourth-order valence-corrected chi connectivity index (χ4v) is 1.89. The first kappa shape index (κ1) is 15.0. The summed E-state index contributed by atoms with van der Waals surface area (Å²) in [6.07, 6.45) is -1.47. The van der Waals surface area contributed by atoms with Gasteiger partial charge in [0.05, 0.1) is 11.0 Å². The molecule has 2 aromatic carbocycles. The van der Waals surface area contributed by atoms with Crippen molar-refractivity contribution in [3.63, 3.8) is 0 Å². The molecule has 4 nitrogen and oxygen atoms in total. The second kappa shape index (κ2) is 5.92. The van der Waals surface area contributed by atoms with E-state index in [-0.39, 0.29) is 17.7 Å². The Kier molecular flexibility index (Phi) is 4.23. The van der Waals surface area contributed by atoms with Crippen LogP contribution in [0.15, 0.2) is 36.4 Å². The molecule has 0 saturated carbocycles. The van der Waals surface area contributed by atoms with Crippen molar-refractivity contribution >= 4 is 5.69 Å². The molecular formula is C14H10F3NO3. The van der Waals surface area contributed by atoms with Crippen molar-refractivity contribution in [1.82, 2.24) is 0 Å². The van der Waals surface area contributed by atoms with Crippen LogP contribution in [0, 0.1) is 27.6 Å². The number of nitro groups is 1. The maximum absolute atomic E-state index is 13.5. The lowest BCUT2D eigenvalue weighted by atomic mass is 10.0. The van der Waals surface area contributed by atoms with Gasteiger partial charge in [-0.1, -0.05) is 18.2 Å². The Morgan fingerprint density at radius 3 is 2.24 bits per heavy atom. The summed E-state index contributed by atoms with van der Waals surface area (Å²) in [6, 6.07) is 6.97. The first-order valence-electron chi connectivity index (χ1n) is 5.95. The summed E-state index contributed by atoms with van der Waals surface area (Å²) in [5, 5.41) is 20.4. The number of aliphatic hydroxyl groups is 1. The molecule has 7 heteroatoms. The van der Waals surface area contributed by atoms with Gasteiger partial charge in [-0.25, -0.2) is 13.2 Å². The monoisotopic (exact) mass is 297 g/mol. The van der Waals surface area contributed by atoms with Gasteiger partial charge in [0.1, 0.15) is 0 Å². The van der Waals surface area contributed by atoms with E-state index in [1.807, 2.05) is 0 Å². The number of aliphatic hydroxyl groups excluding tert-OH is 1. The zero-order valence-electron chi connectivity index (χ0n) is 10.6. The number of hydrogen-bond acceptors (Lipinski definition) is 3. The van der Waals surface area contributed by atoms with Crippen LogP contribution in [0.4, 0.5) is 18.9 Å².